The number of alkyl halides is 3. The molecule has 1 atom stereocenters. The molecule has 9 heteroatoms. The normalized spacial score (nSPS) is 19.8. The molecule has 1 aliphatic carbocycles. The number of piperidine rings is 1. The zero-order valence-corrected chi connectivity index (χ0v) is 17.1. The van der Waals surface area contributed by atoms with Crippen LogP contribution < -0.4 is 15.5 Å². The second kappa shape index (κ2) is 8.19. The van der Waals surface area contributed by atoms with Crippen molar-refractivity contribution in [2.24, 2.45) is 0 Å². The summed E-state index contributed by atoms with van der Waals surface area (Å²) in [6, 6.07) is 12.4. The molecule has 2 aromatic carbocycles. The predicted octanol–water partition coefficient (Wildman–Crippen LogP) is 4.58. The van der Waals surface area contributed by atoms with Gasteiger partial charge in [-0.2, -0.15) is 18.4 Å². The Labute approximate surface area is 183 Å². The van der Waals surface area contributed by atoms with Gasteiger partial charge in [0.2, 0.25) is 5.91 Å². The average Bonchev–Trinajstić information content (AvgIpc) is 3.56. The summed E-state index contributed by atoms with van der Waals surface area (Å²) in [4.78, 5) is 26.8. The largest absolute Gasteiger partial charge is 0.416 e. The number of amides is 3. The number of hydrogen-bond acceptors (Lipinski definition) is 3. The Morgan fingerprint density at radius 3 is 2.31 bits per heavy atom. The summed E-state index contributed by atoms with van der Waals surface area (Å²) in [5.74, 6) is -0.256. The first kappa shape index (κ1) is 21.7. The summed E-state index contributed by atoms with van der Waals surface area (Å²) in [7, 11) is 0. The van der Waals surface area contributed by atoms with Crippen LogP contribution in [0.3, 0.4) is 0 Å². The van der Waals surface area contributed by atoms with Crippen LogP contribution in [0, 0.1) is 11.3 Å². The van der Waals surface area contributed by atoms with Gasteiger partial charge in [0.05, 0.1) is 17.0 Å². The van der Waals surface area contributed by atoms with Crippen molar-refractivity contribution in [3.05, 3.63) is 59.7 Å². The number of nitrogens with zero attached hydrogens (tertiary/aromatic N) is 2. The lowest BCUT2D eigenvalue weighted by molar-refractivity contribution is -0.137. The fourth-order valence-corrected chi connectivity index (χ4v) is 3.88. The minimum Gasteiger partial charge on any atom is -0.326 e. The zero-order chi connectivity index (χ0) is 22.9. The van der Waals surface area contributed by atoms with Gasteiger partial charge >= 0.3 is 12.2 Å². The van der Waals surface area contributed by atoms with Crippen molar-refractivity contribution in [3.63, 3.8) is 0 Å². The molecule has 0 aromatic heterocycles. The number of hydrogen-bond donors (Lipinski definition) is 2. The molecule has 2 N–H and O–H groups in total. The van der Waals surface area contributed by atoms with Crippen LogP contribution in [0.15, 0.2) is 48.5 Å². The Kier molecular flexibility index (Phi) is 5.55. The van der Waals surface area contributed by atoms with Gasteiger partial charge in [-0.15, -0.1) is 0 Å². The predicted molar refractivity (Wildman–Crippen MR) is 112 cm³/mol. The van der Waals surface area contributed by atoms with Crippen molar-refractivity contribution in [1.29, 1.82) is 5.26 Å². The maximum Gasteiger partial charge on any atom is 0.416 e. The third-order valence-electron chi connectivity index (χ3n) is 5.91. The van der Waals surface area contributed by atoms with Crippen molar-refractivity contribution in [3.8, 4) is 6.07 Å². The molecular weight excluding hydrogens is 421 g/mol. The first-order chi connectivity index (χ1) is 15.2. The fraction of sp³-hybridized carbons (Fsp3) is 0.348. The number of carbonyl (C=O) groups excluding carboxylic acids is 2. The van der Waals surface area contributed by atoms with E-state index in [0.717, 1.165) is 42.7 Å². The summed E-state index contributed by atoms with van der Waals surface area (Å²) >= 11 is 0. The first-order valence-corrected chi connectivity index (χ1v) is 10.3. The highest BCUT2D eigenvalue weighted by atomic mass is 19.4. The number of nitrogens with one attached hydrogen (secondary N) is 2. The number of urea groups is 1. The minimum absolute atomic E-state index is 0.192. The highest BCUT2D eigenvalue weighted by molar-refractivity contribution is 6.01. The summed E-state index contributed by atoms with van der Waals surface area (Å²) in [6.07, 6.45) is -1.63. The van der Waals surface area contributed by atoms with Gasteiger partial charge in [-0.1, -0.05) is 12.1 Å². The quantitative estimate of drug-likeness (QED) is 0.727. The summed E-state index contributed by atoms with van der Waals surface area (Å²) in [5, 5.41) is 14.4. The Morgan fingerprint density at radius 1 is 1.09 bits per heavy atom. The van der Waals surface area contributed by atoms with Crippen LogP contribution in [-0.2, 0) is 16.4 Å². The average molecular weight is 442 g/mol. The lowest BCUT2D eigenvalue weighted by atomic mass is 9.97. The number of halogens is 3. The lowest BCUT2D eigenvalue weighted by Crippen LogP contribution is -2.53. The maximum absolute atomic E-state index is 12.9. The Morgan fingerprint density at radius 2 is 1.75 bits per heavy atom. The molecule has 2 aromatic rings. The molecule has 32 heavy (non-hydrogen) atoms. The van der Waals surface area contributed by atoms with E-state index in [1.807, 2.05) is 24.3 Å². The fourth-order valence-electron chi connectivity index (χ4n) is 3.88. The molecule has 1 heterocycles. The summed E-state index contributed by atoms with van der Waals surface area (Å²) in [6.45, 7) is 0.514. The standard InChI is InChI=1S/C23H21F3N4O2/c24-23(25,26)16-3-7-17(8-4-16)28-21(32)29-19-2-1-13-30(20(19)31)18-9-5-15(6-10-18)22(14-27)11-12-22/h3-10,19H,1-2,11-13H2,(H2,28,29,32)/t19-/m1/s1. The second-order valence-corrected chi connectivity index (χ2v) is 8.10. The zero-order valence-electron chi connectivity index (χ0n) is 17.1. The van der Waals surface area contributed by atoms with E-state index in [1.54, 1.807) is 4.90 Å². The highest BCUT2D eigenvalue weighted by Gasteiger charge is 2.44. The molecule has 0 unspecified atom stereocenters. The van der Waals surface area contributed by atoms with E-state index in [2.05, 4.69) is 16.7 Å². The van der Waals surface area contributed by atoms with Gasteiger partial charge in [-0.25, -0.2) is 4.79 Å². The number of rotatable bonds is 4. The molecule has 2 fully saturated rings. The Balaban J connectivity index is 1.38. The van der Waals surface area contributed by atoms with Gasteiger partial charge in [0.25, 0.3) is 0 Å². The molecule has 1 saturated heterocycles. The van der Waals surface area contributed by atoms with Crippen LogP contribution in [0.2, 0.25) is 0 Å². The molecule has 6 nitrogen and oxygen atoms in total. The van der Waals surface area contributed by atoms with Crippen molar-refractivity contribution >= 4 is 23.3 Å². The highest BCUT2D eigenvalue weighted by Crippen LogP contribution is 2.47. The van der Waals surface area contributed by atoms with Crippen LogP contribution >= 0.6 is 0 Å². The maximum atomic E-state index is 12.9. The topological polar surface area (TPSA) is 85.2 Å². The van der Waals surface area contributed by atoms with Gasteiger partial charge < -0.3 is 15.5 Å². The summed E-state index contributed by atoms with van der Waals surface area (Å²) < 4.78 is 38.0. The molecule has 1 saturated carbocycles. The molecular formula is C23H21F3N4O2. The van der Waals surface area contributed by atoms with Gasteiger partial charge in [-0.3, -0.25) is 4.79 Å². The smallest absolute Gasteiger partial charge is 0.326 e. The SMILES string of the molecule is N#CC1(c2ccc(N3CCC[C@@H](NC(=O)Nc4ccc(C(F)(F)F)cc4)C3=O)cc2)CC1. The van der Waals surface area contributed by atoms with E-state index >= 15 is 0 Å². The molecule has 0 bridgehead atoms. The molecule has 0 spiro atoms. The van der Waals surface area contributed by atoms with Gasteiger partial charge in [0.15, 0.2) is 0 Å². The van der Waals surface area contributed by atoms with E-state index in [1.165, 1.54) is 0 Å². The van der Waals surface area contributed by atoms with Crippen LogP contribution in [0.1, 0.15) is 36.8 Å². The Bertz CT molecular complexity index is 1050. The van der Waals surface area contributed by atoms with Crippen LogP contribution in [-0.4, -0.2) is 24.5 Å². The lowest BCUT2D eigenvalue weighted by Gasteiger charge is -2.32. The third kappa shape index (κ3) is 4.40. The van der Waals surface area contributed by atoms with Crippen LogP contribution in [0.4, 0.5) is 29.3 Å². The Hall–Kier alpha value is -3.54. The van der Waals surface area contributed by atoms with Crippen molar-refractivity contribution in [2.45, 2.75) is 43.3 Å². The molecule has 0 radical (unpaired) electrons. The van der Waals surface area contributed by atoms with E-state index in [0.29, 0.717) is 25.1 Å². The van der Waals surface area contributed by atoms with E-state index < -0.39 is 29.2 Å². The van der Waals surface area contributed by atoms with Crippen molar-refractivity contribution < 1.29 is 22.8 Å². The van der Waals surface area contributed by atoms with Gasteiger partial charge in [0.1, 0.15) is 6.04 Å². The van der Waals surface area contributed by atoms with Crippen LogP contribution in [0.25, 0.3) is 0 Å². The van der Waals surface area contributed by atoms with E-state index in [9.17, 15) is 28.0 Å². The molecule has 166 valence electrons. The van der Waals surface area contributed by atoms with Gasteiger partial charge in [0, 0.05) is 17.9 Å². The van der Waals surface area contributed by atoms with E-state index in [4.69, 9.17) is 0 Å². The molecule has 4 rings (SSSR count). The van der Waals surface area contributed by atoms with E-state index in [-0.39, 0.29) is 11.6 Å². The molecule has 1 aliphatic heterocycles. The minimum atomic E-state index is -4.45. The second-order valence-electron chi connectivity index (χ2n) is 8.10. The summed E-state index contributed by atoms with van der Waals surface area (Å²) in [5.41, 5.74) is 0.624. The van der Waals surface area contributed by atoms with Crippen molar-refractivity contribution in [1.82, 2.24) is 5.32 Å². The first-order valence-electron chi connectivity index (χ1n) is 10.3. The number of carbonyl (C=O) groups is 2. The number of nitriles is 1. The van der Waals surface area contributed by atoms with Crippen molar-refractivity contribution in [2.75, 3.05) is 16.8 Å². The number of benzene rings is 2. The molecule has 3 amide bonds. The monoisotopic (exact) mass is 442 g/mol. The van der Waals surface area contributed by atoms with Crippen LogP contribution in [0.5, 0.6) is 0 Å². The van der Waals surface area contributed by atoms with Gasteiger partial charge in [-0.05, 0) is 67.6 Å². The molecule has 2 aliphatic rings. The number of anilines is 2. The third-order valence-corrected chi connectivity index (χ3v) is 5.91.